The second-order valence-electron chi connectivity index (χ2n) is 4.38. The van der Waals surface area contributed by atoms with Crippen LogP contribution < -0.4 is 0 Å². The van der Waals surface area contributed by atoms with Crippen molar-refractivity contribution in [2.45, 2.75) is 32.1 Å². The van der Waals surface area contributed by atoms with Gasteiger partial charge < -0.3 is 5.11 Å². The zero-order valence-electron chi connectivity index (χ0n) is 10.1. The summed E-state index contributed by atoms with van der Waals surface area (Å²) in [6.45, 7) is 0.314. The number of fused-ring (bicyclic) bond motifs is 1. The Kier molecular flexibility index (Phi) is 4.51. The summed E-state index contributed by atoms with van der Waals surface area (Å²) < 4.78 is 0. The van der Waals surface area contributed by atoms with Crippen LogP contribution in [0.3, 0.4) is 0 Å². The van der Waals surface area contributed by atoms with Crippen molar-refractivity contribution >= 4 is 10.9 Å². The summed E-state index contributed by atoms with van der Waals surface area (Å²) >= 11 is 0. The molecule has 2 aromatic rings. The molecule has 17 heavy (non-hydrogen) atoms. The lowest BCUT2D eigenvalue weighted by atomic mass is 10.1. The zero-order valence-corrected chi connectivity index (χ0v) is 10.1. The quantitative estimate of drug-likeness (QED) is 0.771. The molecule has 1 aromatic heterocycles. The van der Waals surface area contributed by atoms with Crippen molar-refractivity contribution in [3.8, 4) is 0 Å². The highest BCUT2D eigenvalue weighted by Crippen LogP contribution is 2.13. The number of nitrogens with zero attached hydrogens (tertiary/aromatic N) is 1. The molecule has 0 atom stereocenters. The van der Waals surface area contributed by atoms with Crippen molar-refractivity contribution in [1.29, 1.82) is 0 Å². The Morgan fingerprint density at radius 3 is 2.59 bits per heavy atom. The second-order valence-corrected chi connectivity index (χ2v) is 4.38. The summed E-state index contributed by atoms with van der Waals surface area (Å²) in [4.78, 5) is 4.64. The molecule has 0 bridgehead atoms. The molecule has 0 unspecified atom stereocenters. The minimum absolute atomic E-state index is 0.314. The molecular formula is C15H19NO. The molecule has 1 heterocycles. The number of hydrogen-bond donors (Lipinski definition) is 1. The first-order valence-corrected chi connectivity index (χ1v) is 6.36. The Bertz CT molecular complexity index is 467. The van der Waals surface area contributed by atoms with Crippen LogP contribution in [0, 0.1) is 0 Å². The van der Waals surface area contributed by atoms with Crippen LogP contribution in [0.4, 0.5) is 0 Å². The Hall–Kier alpha value is -1.41. The predicted molar refractivity (Wildman–Crippen MR) is 71.0 cm³/mol. The van der Waals surface area contributed by atoms with Gasteiger partial charge in [0.25, 0.3) is 0 Å². The van der Waals surface area contributed by atoms with Crippen molar-refractivity contribution in [2.24, 2.45) is 0 Å². The molecule has 1 N–H and O–H groups in total. The number of hydrogen-bond acceptors (Lipinski definition) is 2. The molecular weight excluding hydrogens is 210 g/mol. The van der Waals surface area contributed by atoms with Gasteiger partial charge in [0, 0.05) is 17.7 Å². The number of para-hydroxylation sites is 1. The number of aryl methyl sites for hydroxylation is 1. The number of unbranched alkanes of at least 4 members (excludes halogenated alkanes) is 3. The number of pyridine rings is 1. The van der Waals surface area contributed by atoms with Gasteiger partial charge in [0.05, 0.1) is 5.52 Å². The van der Waals surface area contributed by atoms with E-state index in [1.165, 1.54) is 17.5 Å². The van der Waals surface area contributed by atoms with Crippen LogP contribution in [0.25, 0.3) is 10.9 Å². The van der Waals surface area contributed by atoms with Gasteiger partial charge >= 0.3 is 0 Å². The predicted octanol–water partition coefficient (Wildman–Crippen LogP) is 3.33. The lowest BCUT2D eigenvalue weighted by Gasteiger charge is -2.03. The molecule has 0 spiro atoms. The van der Waals surface area contributed by atoms with Crippen molar-refractivity contribution in [3.63, 3.8) is 0 Å². The minimum Gasteiger partial charge on any atom is -0.396 e. The van der Waals surface area contributed by atoms with Crippen molar-refractivity contribution < 1.29 is 5.11 Å². The second kappa shape index (κ2) is 6.36. The van der Waals surface area contributed by atoms with Gasteiger partial charge in [-0.2, -0.15) is 0 Å². The van der Waals surface area contributed by atoms with Crippen molar-refractivity contribution in [3.05, 3.63) is 42.1 Å². The number of rotatable bonds is 6. The van der Waals surface area contributed by atoms with Crippen LogP contribution in [0.15, 0.2) is 36.4 Å². The lowest BCUT2D eigenvalue weighted by Crippen LogP contribution is -1.91. The van der Waals surface area contributed by atoms with E-state index in [4.69, 9.17) is 5.11 Å². The molecule has 1 aromatic carbocycles. The van der Waals surface area contributed by atoms with Crippen LogP contribution in [0.1, 0.15) is 31.4 Å². The summed E-state index contributed by atoms with van der Waals surface area (Å²) in [5, 5.41) is 9.89. The lowest BCUT2D eigenvalue weighted by molar-refractivity contribution is 0.282. The van der Waals surface area contributed by atoms with Gasteiger partial charge in [-0.05, 0) is 31.4 Å². The molecule has 0 saturated heterocycles. The first kappa shape index (κ1) is 12.1. The van der Waals surface area contributed by atoms with Gasteiger partial charge in [0.15, 0.2) is 0 Å². The molecule has 0 aliphatic rings. The Balaban J connectivity index is 1.90. The highest BCUT2D eigenvalue weighted by atomic mass is 16.2. The largest absolute Gasteiger partial charge is 0.396 e. The van der Waals surface area contributed by atoms with Gasteiger partial charge in [-0.15, -0.1) is 0 Å². The van der Waals surface area contributed by atoms with E-state index in [-0.39, 0.29) is 0 Å². The van der Waals surface area contributed by atoms with E-state index >= 15 is 0 Å². The van der Waals surface area contributed by atoms with E-state index in [1.807, 2.05) is 12.1 Å². The number of benzene rings is 1. The standard InChI is InChI=1S/C15H19NO/c17-12-6-2-1-3-8-14-11-10-13-7-4-5-9-15(13)16-14/h4-5,7,9-11,17H,1-3,6,8,12H2. The first-order chi connectivity index (χ1) is 8.40. The third-order valence-electron chi connectivity index (χ3n) is 3.00. The molecule has 2 nitrogen and oxygen atoms in total. The Labute approximate surface area is 102 Å². The maximum atomic E-state index is 8.69. The van der Waals surface area contributed by atoms with E-state index in [2.05, 4.69) is 29.2 Å². The minimum atomic E-state index is 0.314. The zero-order chi connectivity index (χ0) is 11.9. The van der Waals surface area contributed by atoms with E-state index in [1.54, 1.807) is 0 Å². The third kappa shape index (κ3) is 3.53. The first-order valence-electron chi connectivity index (χ1n) is 6.36. The monoisotopic (exact) mass is 229 g/mol. The Morgan fingerprint density at radius 2 is 1.71 bits per heavy atom. The van der Waals surface area contributed by atoms with Gasteiger partial charge in [-0.1, -0.05) is 37.1 Å². The average molecular weight is 229 g/mol. The molecule has 2 rings (SSSR count). The average Bonchev–Trinajstić information content (AvgIpc) is 2.38. The highest BCUT2D eigenvalue weighted by Gasteiger charge is 1.98. The fourth-order valence-electron chi connectivity index (χ4n) is 2.02. The molecule has 0 aliphatic heterocycles. The van der Waals surface area contributed by atoms with Crippen LogP contribution in [-0.4, -0.2) is 16.7 Å². The van der Waals surface area contributed by atoms with E-state index in [0.717, 1.165) is 31.2 Å². The number of aliphatic hydroxyl groups is 1. The fraction of sp³-hybridized carbons (Fsp3) is 0.400. The van der Waals surface area contributed by atoms with Gasteiger partial charge in [0.2, 0.25) is 0 Å². The van der Waals surface area contributed by atoms with Crippen LogP contribution in [-0.2, 0) is 6.42 Å². The third-order valence-corrected chi connectivity index (χ3v) is 3.00. The van der Waals surface area contributed by atoms with E-state index < -0.39 is 0 Å². The molecule has 0 saturated carbocycles. The van der Waals surface area contributed by atoms with Crippen molar-refractivity contribution in [2.75, 3.05) is 6.61 Å². The van der Waals surface area contributed by atoms with E-state index in [0.29, 0.717) is 6.61 Å². The smallest absolute Gasteiger partial charge is 0.0705 e. The Morgan fingerprint density at radius 1 is 0.882 bits per heavy atom. The fourth-order valence-corrected chi connectivity index (χ4v) is 2.02. The molecule has 90 valence electrons. The van der Waals surface area contributed by atoms with Crippen molar-refractivity contribution in [1.82, 2.24) is 4.98 Å². The number of aromatic nitrogens is 1. The normalized spacial score (nSPS) is 10.9. The van der Waals surface area contributed by atoms with Gasteiger partial charge in [-0.25, -0.2) is 0 Å². The maximum absolute atomic E-state index is 8.69. The highest BCUT2D eigenvalue weighted by molar-refractivity contribution is 5.78. The summed E-state index contributed by atoms with van der Waals surface area (Å²) in [6.07, 6.45) is 5.41. The SMILES string of the molecule is OCCCCCCc1ccc2ccccc2n1. The topological polar surface area (TPSA) is 33.1 Å². The summed E-state index contributed by atoms with van der Waals surface area (Å²) in [5.41, 5.74) is 2.26. The number of aliphatic hydroxyl groups excluding tert-OH is 1. The molecule has 2 heteroatoms. The van der Waals surface area contributed by atoms with Crippen LogP contribution in [0.5, 0.6) is 0 Å². The summed E-state index contributed by atoms with van der Waals surface area (Å²) in [6, 6.07) is 12.5. The summed E-state index contributed by atoms with van der Waals surface area (Å²) in [7, 11) is 0. The van der Waals surface area contributed by atoms with Crippen LogP contribution >= 0.6 is 0 Å². The summed E-state index contributed by atoms with van der Waals surface area (Å²) in [5.74, 6) is 0. The van der Waals surface area contributed by atoms with Crippen LogP contribution in [0.2, 0.25) is 0 Å². The molecule has 0 radical (unpaired) electrons. The van der Waals surface area contributed by atoms with Gasteiger partial charge in [-0.3, -0.25) is 4.98 Å². The molecule has 0 fully saturated rings. The molecule has 0 aliphatic carbocycles. The maximum Gasteiger partial charge on any atom is 0.0705 e. The van der Waals surface area contributed by atoms with E-state index in [9.17, 15) is 0 Å². The van der Waals surface area contributed by atoms with Gasteiger partial charge in [0.1, 0.15) is 0 Å². The molecule has 0 amide bonds.